The number of aryl methyl sites for hydroxylation is 1. The molecule has 0 aliphatic carbocycles. The summed E-state index contributed by atoms with van der Waals surface area (Å²) in [6.07, 6.45) is 0. The summed E-state index contributed by atoms with van der Waals surface area (Å²) in [4.78, 5) is 16.8. The van der Waals surface area contributed by atoms with Crippen LogP contribution >= 0.6 is 11.8 Å². The third kappa shape index (κ3) is 4.35. The van der Waals surface area contributed by atoms with Crippen molar-refractivity contribution in [2.24, 2.45) is 0 Å². The summed E-state index contributed by atoms with van der Waals surface area (Å²) in [7, 11) is 0. The Kier molecular flexibility index (Phi) is 5.67. The molecule has 0 unspecified atom stereocenters. The van der Waals surface area contributed by atoms with Crippen molar-refractivity contribution in [1.29, 1.82) is 0 Å². The normalized spacial score (nSPS) is 11.0. The molecule has 0 atom stereocenters. The van der Waals surface area contributed by atoms with Gasteiger partial charge in [0.1, 0.15) is 5.82 Å². The van der Waals surface area contributed by atoms with Gasteiger partial charge in [0.25, 0.3) is 5.91 Å². The second-order valence-electron chi connectivity index (χ2n) is 6.85. The summed E-state index contributed by atoms with van der Waals surface area (Å²) in [5.74, 6) is 0.411. The number of hydrogen-bond acceptors (Lipinski definition) is 2. The number of benzene rings is 3. The lowest BCUT2D eigenvalue weighted by molar-refractivity contribution is 0.0956. The maximum absolute atomic E-state index is 13.3. The molecule has 0 fully saturated rings. The Morgan fingerprint density at radius 3 is 2.48 bits per heavy atom. The molecule has 29 heavy (non-hydrogen) atoms. The van der Waals surface area contributed by atoms with Crippen LogP contribution in [0, 0.1) is 12.7 Å². The number of carbonyl (C=O) groups excluding carboxylic acids is 1. The van der Waals surface area contributed by atoms with E-state index in [-0.39, 0.29) is 11.7 Å². The lowest BCUT2D eigenvalue weighted by atomic mass is 10.1. The first-order chi connectivity index (χ1) is 14.1. The van der Waals surface area contributed by atoms with Gasteiger partial charge in [0, 0.05) is 33.7 Å². The van der Waals surface area contributed by atoms with Crippen LogP contribution in [-0.2, 0) is 0 Å². The summed E-state index contributed by atoms with van der Waals surface area (Å²) in [6, 6.07) is 22.2. The van der Waals surface area contributed by atoms with E-state index in [9.17, 15) is 9.18 Å². The standard InChI is InChI=1S/C24H21FN2OS/c1-16-6-8-18(9-7-16)24(28)26-14-15-29-23-20-4-2-3-5-21(20)27-22(23)17-10-12-19(25)13-11-17/h2-13,27H,14-15H2,1H3,(H,26,28). The summed E-state index contributed by atoms with van der Waals surface area (Å²) < 4.78 is 13.3. The van der Waals surface area contributed by atoms with E-state index in [4.69, 9.17) is 0 Å². The van der Waals surface area contributed by atoms with E-state index in [0.29, 0.717) is 12.1 Å². The van der Waals surface area contributed by atoms with Gasteiger partial charge in [-0.25, -0.2) is 4.39 Å². The zero-order valence-corrected chi connectivity index (χ0v) is 16.9. The van der Waals surface area contributed by atoms with Crippen LogP contribution in [0.25, 0.3) is 22.2 Å². The zero-order chi connectivity index (χ0) is 20.2. The topological polar surface area (TPSA) is 44.9 Å². The first-order valence-corrected chi connectivity index (χ1v) is 10.4. The van der Waals surface area contributed by atoms with Crippen LogP contribution in [0.15, 0.2) is 77.7 Å². The molecule has 3 aromatic carbocycles. The molecule has 5 heteroatoms. The monoisotopic (exact) mass is 404 g/mol. The van der Waals surface area contributed by atoms with E-state index in [0.717, 1.165) is 38.4 Å². The number of para-hydroxylation sites is 1. The SMILES string of the molecule is Cc1ccc(C(=O)NCCSc2c(-c3ccc(F)cc3)[nH]c3ccccc23)cc1. The molecule has 4 rings (SSSR count). The van der Waals surface area contributed by atoms with E-state index in [1.54, 1.807) is 23.9 Å². The highest BCUT2D eigenvalue weighted by Gasteiger charge is 2.14. The van der Waals surface area contributed by atoms with Crippen LogP contribution in [0.1, 0.15) is 15.9 Å². The van der Waals surface area contributed by atoms with Crippen molar-refractivity contribution in [2.75, 3.05) is 12.3 Å². The van der Waals surface area contributed by atoms with Gasteiger partial charge in [-0.1, -0.05) is 35.9 Å². The molecule has 1 amide bonds. The molecule has 146 valence electrons. The van der Waals surface area contributed by atoms with Gasteiger partial charge in [-0.2, -0.15) is 0 Å². The lowest BCUT2D eigenvalue weighted by Gasteiger charge is -2.07. The highest BCUT2D eigenvalue weighted by Crippen LogP contribution is 2.37. The molecule has 0 saturated carbocycles. The minimum Gasteiger partial charge on any atom is -0.354 e. The van der Waals surface area contributed by atoms with Crippen LogP contribution in [0.4, 0.5) is 4.39 Å². The fraction of sp³-hybridized carbons (Fsp3) is 0.125. The number of carbonyl (C=O) groups is 1. The summed E-state index contributed by atoms with van der Waals surface area (Å²) in [5, 5.41) is 4.10. The minimum absolute atomic E-state index is 0.0664. The molecule has 2 N–H and O–H groups in total. The third-order valence-electron chi connectivity index (χ3n) is 4.74. The van der Waals surface area contributed by atoms with Gasteiger partial charge in [0.05, 0.1) is 5.69 Å². The number of hydrogen-bond donors (Lipinski definition) is 2. The quantitative estimate of drug-likeness (QED) is 0.315. The average Bonchev–Trinajstić information content (AvgIpc) is 3.10. The molecule has 3 nitrogen and oxygen atoms in total. The van der Waals surface area contributed by atoms with Gasteiger partial charge in [-0.15, -0.1) is 11.8 Å². The molecule has 0 spiro atoms. The minimum atomic E-state index is -0.252. The Morgan fingerprint density at radius 2 is 1.72 bits per heavy atom. The van der Waals surface area contributed by atoms with Gasteiger partial charge in [0.2, 0.25) is 0 Å². The van der Waals surface area contributed by atoms with Crippen LogP contribution in [0.3, 0.4) is 0 Å². The van der Waals surface area contributed by atoms with Gasteiger partial charge in [-0.3, -0.25) is 4.79 Å². The first kappa shape index (κ1) is 19.3. The van der Waals surface area contributed by atoms with Crippen LogP contribution in [0.2, 0.25) is 0 Å². The van der Waals surface area contributed by atoms with Gasteiger partial charge >= 0.3 is 0 Å². The molecular formula is C24H21FN2OS. The fourth-order valence-electron chi connectivity index (χ4n) is 3.21. The molecule has 0 saturated heterocycles. The van der Waals surface area contributed by atoms with Crippen LogP contribution < -0.4 is 5.32 Å². The van der Waals surface area contributed by atoms with Crippen molar-refractivity contribution in [3.8, 4) is 11.3 Å². The molecule has 0 radical (unpaired) electrons. The number of halogens is 1. The largest absolute Gasteiger partial charge is 0.354 e. The Labute approximate surface area is 173 Å². The molecule has 1 aromatic heterocycles. The number of rotatable bonds is 6. The molecule has 0 aliphatic heterocycles. The van der Waals surface area contributed by atoms with Gasteiger partial charge in [-0.05, 0) is 55.0 Å². The maximum atomic E-state index is 13.3. The van der Waals surface area contributed by atoms with E-state index in [1.807, 2.05) is 49.4 Å². The van der Waals surface area contributed by atoms with E-state index in [2.05, 4.69) is 16.4 Å². The summed E-state index contributed by atoms with van der Waals surface area (Å²) in [5.41, 5.74) is 4.75. The summed E-state index contributed by atoms with van der Waals surface area (Å²) >= 11 is 1.68. The number of thioether (sulfide) groups is 1. The average molecular weight is 405 g/mol. The Hall–Kier alpha value is -3.05. The highest BCUT2D eigenvalue weighted by atomic mass is 32.2. The Bertz CT molecular complexity index is 1130. The van der Waals surface area contributed by atoms with Crippen molar-refractivity contribution >= 4 is 28.6 Å². The van der Waals surface area contributed by atoms with Crippen molar-refractivity contribution < 1.29 is 9.18 Å². The summed E-state index contributed by atoms with van der Waals surface area (Å²) in [6.45, 7) is 2.55. The maximum Gasteiger partial charge on any atom is 0.251 e. The highest BCUT2D eigenvalue weighted by molar-refractivity contribution is 7.99. The van der Waals surface area contributed by atoms with E-state index < -0.39 is 0 Å². The number of amides is 1. The van der Waals surface area contributed by atoms with Crippen LogP contribution in [0.5, 0.6) is 0 Å². The van der Waals surface area contributed by atoms with Crippen molar-refractivity contribution in [3.05, 3.63) is 89.7 Å². The number of aromatic nitrogens is 1. The third-order valence-corrected chi connectivity index (χ3v) is 5.86. The predicted octanol–water partition coefficient (Wildman–Crippen LogP) is 5.80. The van der Waals surface area contributed by atoms with E-state index in [1.165, 1.54) is 12.1 Å². The second kappa shape index (κ2) is 8.53. The lowest BCUT2D eigenvalue weighted by Crippen LogP contribution is -2.25. The van der Waals surface area contributed by atoms with Crippen molar-refractivity contribution in [3.63, 3.8) is 0 Å². The van der Waals surface area contributed by atoms with Crippen molar-refractivity contribution in [1.82, 2.24) is 10.3 Å². The zero-order valence-electron chi connectivity index (χ0n) is 16.0. The van der Waals surface area contributed by atoms with Gasteiger partial charge < -0.3 is 10.3 Å². The number of H-pyrrole nitrogens is 1. The Balaban J connectivity index is 1.48. The van der Waals surface area contributed by atoms with Gasteiger partial charge in [0.15, 0.2) is 0 Å². The molecule has 0 aliphatic rings. The fourth-order valence-corrected chi connectivity index (χ4v) is 4.27. The number of aromatic amines is 1. The first-order valence-electron chi connectivity index (χ1n) is 9.46. The second-order valence-corrected chi connectivity index (χ2v) is 7.96. The number of nitrogens with one attached hydrogen (secondary N) is 2. The molecule has 0 bridgehead atoms. The number of fused-ring (bicyclic) bond motifs is 1. The van der Waals surface area contributed by atoms with Crippen LogP contribution in [-0.4, -0.2) is 23.2 Å². The predicted molar refractivity (Wildman–Crippen MR) is 118 cm³/mol. The molecule has 1 heterocycles. The Morgan fingerprint density at radius 1 is 1.00 bits per heavy atom. The smallest absolute Gasteiger partial charge is 0.251 e. The van der Waals surface area contributed by atoms with E-state index >= 15 is 0 Å². The molecule has 4 aromatic rings. The molecular weight excluding hydrogens is 383 g/mol. The van der Waals surface area contributed by atoms with Crippen molar-refractivity contribution in [2.45, 2.75) is 11.8 Å².